The standard InChI is InChI=1S/C19H24N4O7P2/c1-11-2-4-12(5-3-11)15-7-23(18-16(15)17(20)21-10-22-18)13-6-14(29-8-13)9-30-19(24,31-25)32(26,27)28/h2-5,7,10,13-14,24H,6,8-9,31H2,1H3,(H2,20,21,22)(H2,26,27,28). The molecule has 172 valence electrons. The van der Waals surface area contributed by atoms with E-state index in [9.17, 15) is 24.0 Å². The first-order chi connectivity index (χ1) is 15.1. The van der Waals surface area contributed by atoms with Gasteiger partial charge in [0.05, 0.1) is 30.7 Å². The van der Waals surface area contributed by atoms with E-state index in [1.165, 1.54) is 6.33 Å². The summed E-state index contributed by atoms with van der Waals surface area (Å²) in [6.07, 6.45) is 3.18. The Morgan fingerprint density at radius 2 is 2.06 bits per heavy atom. The SMILES string of the molecule is Cc1ccc(-c2cn(C3COC(COC(O)([PH2]=O)P(=O)(O)O)C3)c3ncnc(N)c23)cc1. The molecule has 0 spiro atoms. The van der Waals surface area contributed by atoms with E-state index >= 15 is 0 Å². The minimum Gasteiger partial charge on any atom is -0.383 e. The quantitative estimate of drug-likeness (QED) is 0.288. The van der Waals surface area contributed by atoms with Crippen molar-refractivity contribution in [3.63, 3.8) is 0 Å². The van der Waals surface area contributed by atoms with Crippen LogP contribution in [0.25, 0.3) is 22.2 Å². The van der Waals surface area contributed by atoms with Gasteiger partial charge in [-0.05, 0) is 18.9 Å². The third-order valence-corrected chi connectivity index (χ3v) is 8.27. The Bertz CT molecular complexity index is 1200. The second-order valence-corrected chi connectivity index (χ2v) is 11.0. The summed E-state index contributed by atoms with van der Waals surface area (Å²) in [4.78, 5) is 26.9. The van der Waals surface area contributed by atoms with E-state index < -0.39 is 27.4 Å². The summed E-state index contributed by atoms with van der Waals surface area (Å²) in [6, 6.07) is 7.84. The molecule has 32 heavy (non-hydrogen) atoms. The van der Waals surface area contributed by atoms with Crippen LogP contribution in [0.5, 0.6) is 0 Å². The maximum Gasteiger partial charge on any atom is 0.391 e. The molecule has 0 bridgehead atoms. The number of hydrogen-bond acceptors (Lipinski definition) is 8. The minimum atomic E-state index is -5.12. The fourth-order valence-electron chi connectivity index (χ4n) is 3.74. The summed E-state index contributed by atoms with van der Waals surface area (Å²) < 4.78 is 35.1. The van der Waals surface area contributed by atoms with Gasteiger partial charge in [0.2, 0.25) is 0 Å². The number of rotatable bonds is 7. The highest BCUT2D eigenvalue weighted by Crippen LogP contribution is 2.55. The first-order valence-corrected chi connectivity index (χ1v) is 12.5. The Morgan fingerprint density at radius 1 is 1.34 bits per heavy atom. The summed E-state index contributed by atoms with van der Waals surface area (Å²) in [5, 5.41) is 7.60. The van der Waals surface area contributed by atoms with Crippen molar-refractivity contribution in [1.29, 1.82) is 0 Å². The van der Waals surface area contributed by atoms with E-state index in [-0.39, 0.29) is 19.3 Å². The topological polar surface area (TPSA) is 170 Å². The third-order valence-electron chi connectivity index (χ3n) is 5.51. The first-order valence-electron chi connectivity index (χ1n) is 9.81. The average molecular weight is 482 g/mol. The van der Waals surface area contributed by atoms with Gasteiger partial charge in [0.25, 0.3) is 0 Å². The van der Waals surface area contributed by atoms with Gasteiger partial charge >= 0.3 is 12.9 Å². The van der Waals surface area contributed by atoms with Crippen molar-refractivity contribution in [3.05, 3.63) is 42.4 Å². The number of hydrogen-bond donors (Lipinski definition) is 4. The number of nitrogens with two attached hydrogens (primary N) is 1. The number of nitrogens with zero attached hydrogens (tertiary/aromatic N) is 3. The highest BCUT2D eigenvalue weighted by molar-refractivity contribution is 7.62. The third kappa shape index (κ3) is 4.25. The molecule has 0 amide bonds. The van der Waals surface area contributed by atoms with Gasteiger partial charge in [-0.2, -0.15) is 0 Å². The molecular weight excluding hydrogens is 458 g/mol. The molecule has 11 nitrogen and oxygen atoms in total. The molecule has 3 heterocycles. The number of fused-ring (bicyclic) bond motifs is 1. The maximum absolute atomic E-state index is 11.4. The lowest BCUT2D eigenvalue weighted by molar-refractivity contribution is -0.113. The van der Waals surface area contributed by atoms with Crippen molar-refractivity contribution in [2.45, 2.75) is 30.8 Å². The normalized spacial score (nSPS) is 21.5. The van der Waals surface area contributed by atoms with Crippen molar-refractivity contribution in [2.24, 2.45) is 0 Å². The van der Waals surface area contributed by atoms with Gasteiger partial charge in [-0.1, -0.05) is 29.8 Å². The van der Waals surface area contributed by atoms with Crippen LogP contribution < -0.4 is 5.73 Å². The zero-order chi connectivity index (χ0) is 23.1. The second kappa shape index (κ2) is 8.68. The maximum atomic E-state index is 11.4. The van der Waals surface area contributed by atoms with E-state index in [1.54, 1.807) is 0 Å². The fraction of sp³-hybridized carbons (Fsp3) is 0.368. The molecule has 1 aliphatic heterocycles. The molecule has 4 atom stereocenters. The van der Waals surface area contributed by atoms with E-state index in [0.717, 1.165) is 22.1 Å². The molecule has 4 rings (SSSR count). The largest absolute Gasteiger partial charge is 0.391 e. The van der Waals surface area contributed by atoms with Crippen LogP contribution in [-0.2, 0) is 18.6 Å². The van der Waals surface area contributed by atoms with Crippen LogP contribution in [0, 0.1) is 6.92 Å². The van der Waals surface area contributed by atoms with Crippen molar-refractivity contribution >= 4 is 32.9 Å². The minimum absolute atomic E-state index is 0.164. The smallest absolute Gasteiger partial charge is 0.383 e. The molecule has 13 heteroatoms. The second-order valence-electron chi connectivity index (χ2n) is 7.75. The average Bonchev–Trinajstić information content (AvgIpc) is 3.37. The Hall–Kier alpha value is -2.10. The Kier molecular flexibility index (Phi) is 6.26. The summed E-state index contributed by atoms with van der Waals surface area (Å²) in [5.41, 5.74) is 9.78. The van der Waals surface area contributed by atoms with Crippen molar-refractivity contribution < 1.29 is 33.5 Å². The van der Waals surface area contributed by atoms with E-state index in [1.807, 2.05) is 42.0 Å². The van der Waals surface area contributed by atoms with Crippen LogP contribution in [0.4, 0.5) is 5.82 Å². The van der Waals surface area contributed by atoms with Gasteiger partial charge in [0.15, 0.2) is 0 Å². The molecular formula is C19H24N4O7P2. The summed E-state index contributed by atoms with van der Waals surface area (Å²) in [6.45, 7) is 1.96. The molecule has 1 aromatic carbocycles. The lowest BCUT2D eigenvalue weighted by atomic mass is 10.0. The highest BCUT2D eigenvalue weighted by Gasteiger charge is 2.47. The van der Waals surface area contributed by atoms with E-state index in [2.05, 4.69) is 9.97 Å². The molecule has 0 radical (unpaired) electrons. The number of aliphatic hydroxyl groups is 1. The summed E-state index contributed by atoms with van der Waals surface area (Å²) in [5.74, 6) is 0.355. The number of anilines is 1. The molecule has 1 saturated heterocycles. The van der Waals surface area contributed by atoms with Crippen molar-refractivity contribution in [1.82, 2.24) is 14.5 Å². The summed E-state index contributed by atoms with van der Waals surface area (Å²) >= 11 is 0. The molecule has 0 saturated carbocycles. The van der Waals surface area contributed by atoms with Gasteiger partial charge in [-0.25, -0.2) is 9.97 Å². The van der Waals surface area contributed by atoms with Crippen LogP contribution in [0.1, 0.15) is 18.0 Å². The molecule has 2 aromatic heterocycles. The van der Waals surface area contributed by atoms with E-state index in [0.29, 0.717) is 17.9 Å². The molecule has 3 aromatic rings. The Labute approximate surface area is 184 Å². The highest BCUT2D eigenvalue weighted by atomic mass is 31.2. The van der Waals surface area contributed by atoms with E-state index in [4.69, 9.17) is 15.2 Å². The Morgan fingerprint density at radius 3 is 2.72 bits per heavy atom. The van der Waals surface area contributed by atoms with Crippen LogP contribution >= 0.6 is 16.1 Å². The monoisotopic (exact) mass is 482 g/mol. The van der Waals surface area contributed by atoms with Crippen LogP contribution in [-0.4, -0.2) is 54.0 Å². The fourth-order valence-corrected chi connectivity index (χ4v) is 4.69. The van der Waals surface area contributed by atoms with Gasteiger partial charge in [0.1, 0.15) is 26.3 Å². The molecule has 1 aliphatic rings. The van der Waals surface area contributed by atoms with Crippen molar-refractivity contribution in [2.75, 3.05) is 18.9 Å². The van der Waals surface area contributed by atoms with Crippen molar-refractivity contribution in [3.8, 4) is 11.1 Å². The number of aromatic nitrogens is 3. The van der Waals surface area contributed by atoms with Crippen LogP contribution in [0.3, 0.4) is 0 Å². The predicted octanol–water partition coefficient (Wildman–Crippen LogP) is 1.87. The lowest BCUT2D eigenvalue weighted by Gasteiger charge is -2.24. The molecule has 0 aliphatic carbocycles. The zero-order valence-electron chi connectivity index (χ0n) is 17.2. The first kappa shape index (κ1) is 23.1. The number of aryl methyl sites for hydroxylation is 1. The zero-order valence-corrected chi connectivity index (χ0v) is 19.2. The predicted molar refractivity (Wildman–Crippen MR) is 119 cm³/mol. The number of nitrogen functional groups attached to an aromatic ring is 1. The van der Waals surface area contributed by atoms with Crippen LogP contribution in [0.2, 0.25) is 0 Å². The molecule has 5 N–H and O–H groups in total. The number of benzene rings is 1. The molecule has 1 fully saturated rings. The molecule has 4 unspecified atom stereocenters. The lowest BCUT2D eigenvalue weighted by Crippen LogP contribution is -2.29. The van der Waals surface area contributed by atoms with Gasteiger partial charge < -0.3 is 39.2 Å². The Balaban J connectivity index is 1.60. The van der Waals surface area contributed by atoms with Gasteiger partial charge in [-0.15, -0.1) is 0 Å². The van der Waals surface area contributed by atoms with Gasteiger partial charge in [0, 0.05) is 11.8 Å². The van der Waals surface area contributed by atoms with Crippen LogP contribution in [0.15, 0.2) is 36.8 Å². The number of ether oxygens (including phenoxy) is 2. The van der Waals surface area contributed by atoms with Gasteiger partial charge in [-0.3, -0.25) is 4.57 Å². The summed E-state index contributed by atoms with van der Waals surface area (Å²) in [7, 11) is -7.41.